The van der Waals surface area contributed by atoms with Crippen LogP contribution in [-0.4, -0.2) is 11.3 Å². The summed E-state index contributed by atoms with van der Waals surface area (Å²) in [4.78, 5) is 4.05. The molecule has 0 unspecified atom stereocenters. The molecule has 0 heterocycles. The van der Waals surface area contributed by atoms with Crippen molar-refractivity contribution in [3.63, 3.8) is 0 Å². The predicted molar refractivity (Wildman–Crippen MR) is 51.4 cm³/mol. The van der Waals surface area contributed by atoms with Gasteiger partial charge in [-0.1, -0.05) is 6.07 Å². The third-order valence-corrected chi connectivity index (χ3v) is 1.69. The van der Waals surface area contributed by atoms with Crippen molar-refractivity contribution in [2.75, 3.05) is 0 Å². The molecule has 0 radical (unpaired) electrons. The normalized spacial score (nSPS) is 10.1. The summed E-state index contributed by atoms with van der Waals surface area (Å²) in [6.45, 7) is 5.69. The van der Waals surface area contributed by atoms with E-state index in [2.05, 4.69) is 4.99 Å². The summed E-state index contributed by atoms with van der Waals surface area (Å²) in [6, 6.07) is 3.80. The molecule has 0 aromatic heterocycles. The summed E-state index contributed by atoms with van der Waals surface area (Å²) in [7, 11) is 0. The SMILES string of the molecule is CC=Nc1cc(C)cc(C)c1O.[Cr]. The van der Waals surface area contributed by atoms with Crippen molar-refractivity contribution in [1.82, 2.24) is 0 Å². The number of rotatable bonds is 1. The minimum absolute atomic E-state index is 0. The molecule has 0 fully saturated rings. The van der Waals surface area contributed by atoms with E-state index in [-0.39, 0.29) is 23.1 Å². The Morgan fingerprint density at radius 3 is 2.46 bits per heavy atom. The number of phenolic OH excluding ortho intramolecular Hbond substituents is 1. The van der Waals surface area contributed by atoms with Gasteiger partial charge in [0.1, 0.15) is 11.4 Å². The van der Waals surface area contributed by atoms with E-state index in [1.165, 1.54) is 0 Å². The van der Waals surface area contributed by atoms with Gasteiger partial charge in [-0.15, -0.1) is 0 Å². The Morgan fingerprint density at radius 1 is 1.31 bits per heavy atom. The summed E-state index contributed by atoms with van der Waals surface area (Å²) in [5.74, 6) is 0.277. The average molecular weight is 215 g/mol. The van der Waals surface area contributed by atoms with Gasteiger partial charge >= 0.3 is 0 Å². The molecule has 0 aliphatic rings. The van der Waals surface area contributed by atoms with Gasteiger partial charge < -0.3 is 5.11 Å². The molecule has 2 nitrogen and oxygen atoms in total. The van der Waals surface area contributed by atoms with Gasteiger partial charge in [0.05, 0.1) is 0 Å². The van der Waals surface area contributed by atoms with Crippen LogP contribution in [0, 0.1) is 13.8 Å². The van der Waals surface area contributed by atoms with Gasteiger partial charge in [0.25, 0.3) is 0 Å². The first-order valence-electron chi connectivity index (χ1n) is 3.94. The van der Waals surface area contributed by atoms with Crippen LogP contribution >= 0.6 is 0 Å². The van der Waals surface area contributed by atoms with Crippen molar-refractivity contribution in [3.05, 3.63) is 23.3 Å². The van der Waals surface area contributed by atoms with Crippen molar-refractivity contribution in [3.8, 4) is 5.75 Å². The van der Waals surface area contributed by atoms with E-state index < -0.39 is 0 Å². The van der Waals surface area contributed by atoms with Crippen molar-refractivity contribution in [2.24, 2.45) is 4.99 Å². The predicted octanol–water partition coefficient (Wildman–Crippen LogP) is 2.73. The van der Waals surface area contributed by atoms with Crippen molar-refractivity contribution >= 4 is 11.9 Å². The van der Waals surface area contributed by atoms with Crippen LogP contribution in [0.2, 0.25) is 0 Å². The first-order chi connectivity index (χ1) is 5.65. The molecule has 1 aromatic rings. The number of hydrogen-bond donors (Lipinski definition) is 1. The van der Waals surface area contributed by atoms with Gasteiger partial charge in [-0.05, 0) is 38.0 Å². The third-order valence-electron chi connectivity index (χ3n) is 1.69. The zero-order valence-corrected chi connectivity index (χ0v) is 9.31. The van der Waals surface area contributed by atoms with Crippen LogP contribution in [-0.2, 0) is 17.4 Å². The molecule has 70 valence electrons. The molecule has 0 amide bonds. The Bertz CT molecular complexity index is 321. The third kappa shape index (κ3) is 2.87. The first-order valence-corrected chi connectivity index (χ1v) is 3.94. The first kappa shape index (κ1) is 12.2. The molecule has 1 rings (SSSR count). The molecule has 1 N–H and O–H groups in total. The zero-order valence-electron chi connectivity index (χ0n) is 8.03. The molecule has 13 heavy (non-hydrogen) atoms. The largest absolute Gasteiger partial charge is 0.505 e. The summed E-state index contributed by atoms with van der Waals surface area (Å²) >= 11 is 0. The van der Waals surface area contributed by atoms with E-state index in [9.17, 15) is 5.11 Å². The minimum atomic E-state index is 0. The van der Waals surface area contributed by atoms with Crippen molar-refractivity contribution in [1.29, 1.82) is 0 Å². The van der Waals surface area contributed by atoms with Crippen LogP contribution in [0.25, 0.3) is 0 Å². The monoisotopic (exact) mass is 215 g/mol. The number of hydrogen-bond acceptors (Lipinski definition) is 2. The van der Waals surface area contributed by atoms with Crippen LogP contribution in [0.4, 0.5) is 5.69 Å². The fourth-order valence-electron chi connectivity index (χ4n) is 1.18. The van der Waals surface area contributed by atoms with E-state index in [0.29, 0.717) is 5.69 Å². The van der Waals surface area contributed by atoms with E-state index >= 15 is 0 Å². The quantitative estimate of drug-likeness (QED) is 0.718. The second kappa shape index (κ2) is 5.06. The number of benzene rings is 1. The van der Waals surface area contributed by atoms with Gasteiger partial charge in [0.2, 0.25) is 0 Å². The van der Waals surface area contributed by atoms with Gasteiger partial charge in [0.15, 0.2) is 0 Å². The molecule has 0 atom stereocenters. The number of phenols is 1. The maximum absolute atomic E-state index is 9.54. The fourth-order valence-corrected chi connectivity index (χ4v) is 1.18. The Morgan fingerprint density at radius 2 is 1.92 bits per heavy atom. The maximum atomic E-state index is 9.54. The molecule has 0 bridgehead atoms. The maximum Gasteiger partial charge on any atom is 0.144 e. The second-order valence-electron chi connectivity index (χ2n) is 2.84. The molecule has 1 aromatic carbocycles. The summed E-state index contributed by atoms with van der Waals surface area (Å²) < 4.78 is 0. The van der Waals surface area contributed by atoms with Crippen molar-refractivity contribution in [2.45, 2.75) is 20.8 Å². The molecule has 0 aliphatic heterocycles. The van der Waals surface area contributed by atoms with Gasteiger partial charge in [-0.25, -0.2) is 0 Å². The Kier molecular flexibility index (Phi) is 4.76. The van der Waals surface area contributed by atoms with Gasteiger partial charge in [0, 0.05) is 23.6 Å². The molecule has 3 heteroatoms. The zero-order chi connectivity index (χ0) is 9.14. The second-order valence-corrected chi connectivity index (χ2v) is 2.84. The van der Waals surface area contributed by atoms with Crippen molar-refractivity contribution < 1.29 is 22.5 Å². The van der Waals surface area contributed by atoms with E-state index in [4.69, 9.17) is 0 Å². The van der Waals surface area contributed by atoms with Gasteiger partial charge in [-0.2, -0.15) is 0 Å². The average Bonchev–Trinajstić information content (AvgIpc) is 2.00. The standard InChI is InChI=1S/C10H13NO.Cr/c1-4-11-9-6-7(2)5-8(3)10(9)12;/h4-6,12H,1-3H3;. The van der Waals surface area contributed by atoms with Crippen LogP contribution in [0.5, 0.6) is 5.75 Å². The number of nitrogens with zero attached hydrogens (tertiary/aromatic N) is 1. The summed E-state index contributed by atoms with van der Waals surface area (Å²) in [6.07, 6.45) is 1.67. The molecule has 0 saturated carbocycles. The van der Waals surface area contributed by atoms with Crippen LogP contribution in [0.15, 0.2) is 17.1 Å². The summed E-state index contributed by atoms with van der Waals surface area (Å²) in [5, 5.41) is 9.54. The van der Waals surface area contributed by atoms with E-state index in [1.54, 1.807) is 6.21 Å². The molecular formula is C10H13CrNO. The Balaban J connectivity index is 0.00000144. The van der Waals surface area contributed by atoms with Gasteiger partial charge in [-0.3, -0.25) is 4.99 Å². The molecule has 0 aliphatic carbocycles. The smallest absolute Gasteiger partial charge is 0.144 e. The Labute approximate surface area is 89.5 Å². The summed E-state index contributed by atoms with van der Waals surface area (Å²) in [5.41, 5.74) is 2.64. The Hall–Kier alpha value is -0.778. The van der Waals surface area contributed by atoms with Crippen LogP contribution in [0.1, 0.15) is 18.1 Å². The number of aryl methyl sites for hydroxylation is 2. The topological polar surface area (TPSA) is 32.6 Å². The molecular weight excluding hydrogens is 202 g/mol. The van der Waals surface area contributed by atoms with Crippen LogP contribution in [0.3, 0.4) is 0 Å². The minimum Gasteiger partial charge on any atom is -0.505 e. The number of aliphatic imine (C=N–C) groups is 1. The molecule has 0 spiro atoms. The fraction of sp³-hybridized carbons (Fsp3) is 0.300. The van der Waals surface area contributed by atoms with Crippen LogP contribution < -0.4 is 0 Å². The number of aromatic hydroxyl groups is 1. The molecule has 0 saturated heterocycles. The van der Waals surface area contributed by atoms with E-state index in [1.807, 2.05) is 32.9 Å². The van der Waals surface area contributed by atoms with E-state index in [0.717, 1.165) is 11.1 Å².